The Morgan fingerprint density at radius 1 is 1.59 bits per heavy atom. The van der Waals surface area contributed by atoms with Crippen molar-refractivity contribution in [2.45, 2.75) is 25.4 Å². The zero-order valence-electron chi connectivity index (χ0n) is 9.47. The van der Waals surface area contributed by atoms with E-state index in [0.29, 0.717) is 12.2 Å². The Morgan fingerprint density at radius 3 is 2.82 bits per heavy atom. The van der Waals surface area contributed by atoms with Gasteiger partial charge in [-0.2, -0.15) is 4.39 Å². The number of halogens is 1. The van der Waals surface area contributed by atoms with Crippen LogP contribution >= 0.6 is 0 Å². The number of rotatable bonds is 2. The van der Waals surface area contributed by atoms with E-state index in [1.165, 1.54) is 6.07 Å². The summed E-state index contributed by atoms with van der Waals surface area (Å²) in [6, 6.07) is 4.10. The second kappa shape index (κ2) is 4.29. The van der Waals surface area contributed by atoms with Crippen molar-refractivity contribution in [3.05, 3.63) is 34.1 Å². The van der Waals surface area contributed by atoms with Gasteiger partial charge in [0.2, 0.25) is 5.82 Å². The van der Waals surface area contributed by atoms with Crippen LogP contribution in [0.3, 0.4) is 0 Å². The molecule has 2 N–H and O–H groups in total. The molecule has 92 valence electrons. The molecule has 0 bridgehead atoms. The van der Waals surface area contributed by atoms with Gasteiger partial charge in [0, 0.05) is 18.6 Å². The first kappa shape index (κ1) is 11.8. The Balaban J connectivity index is 2.45. The van der Waals surface area contributed by atoms with Crippen LogP contribution in [0.1, 0.15) is 13.3 Å². The van der Waals surface area contributed by atoms with E-state index in [1.807, 2.05) is 6.92 Å². The summed E-state index contributed by atoms with van der Waals surface area (Å²) in [5.41, 5.74) is 5.72. The summed E-state index contributed by atoms with van der Waals surface area (Å²) in [5.74, 6) is -0.805. The van der Waals surface area contributed by atoms with Crippen molar-refractivity contribution >= 4 is 11.4 Å². The first-order valence-electron chi connectivity index (χ1n) is 5.47. The number of nitrogens with zero attached hydrogens (tertiary/aromatic N) is 2. The Bertz CT molecular complexity index is 452. The number of nitro groups is 1. The van der Waals surface area contributed by atoms with Gasteiger partial charge in [0.15, 0.2) is 0 Å². The number of benzene rings is 1. The Morgan fingerprint density at radius 2 is 2.29 bits per heavy atom. The minimum atomic E-state index is -0.805. The van der Waals surface area contributed by atoms with Gasteiger partial charge in [-0.05, 0) is 25.5 Å². The van der Waals surface area contributed by atoms with Crippen LogP contribution in [0.4, 0.5) is 15.8 Å². The fourth-order valence-electron chi connectivity index (χ4n) is 2.22. The average molecular weight is 239 g/mol. The van der Waals surface area contributed by atoms with Crippen molar-refractivity contribution in [1.29, 1.82) is 0 Å². The Hall–Kier alpha value is -1.69. The number of hydrogen-bond acceptors (Lipinski definition) is 4. The summed E-state index contributed by atoms with van der Waals surface area (Å²) in [6.45, 7) is 2.51. The van der Waals surface area contributed by atoms with Crippen molar-refractivity contribution in [3.63, 3.8) is 0 Å². The maximum absolute atomic E-state index is 13.5. The summed E-state index contributed by atoms with van der Waals surface area (Å²) < 4.78 is 13.5. The lowest BCUT2D eigenvalue weighted by molar-refractivity contribution is -0.386. The third-order valence-corrected chi connectivity index (χ3v) is 3.27. The summed E-state index contributed by atoms with van der Waals surface area (Å²) in [7, 11) is 0. The maximum Gasteiger partial charge on any atom is 0.327 e. The highest BCUT2D eigenvalue weighted by molar-refractivity contribution is 5.65. The predicted octanol–water partition coefficient (Wildman–Crippen LogP) is 1.66. The van der Waals surface area contributed by atoms with Gasteiger partial charge in [0.25, 0.3) is 0 Å². The second-order valence-corrected chi connectivity index (χ2v) is 4.25. The fraction of sp³-hybridized carbons (Fsp3) is 0.455. The summed E-state index contributed by atoms with van der Waals surface area (Å²) in [4.78, 5) is 12.0. The van der Waals surface area contributed by atoms with Crippen LogP contribution in [0.2, 0.25) is 0 Å². The zero-order chi connectivity index (χ0) is 12.6. The van der Waals surface area contributed by atoms with E-state index in [-0.39, 0.29) is 12.1 Å². The van der Waals surface area contributed by atoms with E-state index >= 15 is 0 Å². The zero-order valence-corrected chi connectivity index (χ0v) is 9.47. The van der Waals surface area contributed by atoms with Crippen molar-refractivity contribution in [3.8, 4) is 0 Å². The average Bonchev–Trinajstić information content (AvgIpc) is 2.59. The Labute approximate surface area is 98.2 Å². The van der Waals surface area contributed by atoms with Crippen molar-refractivity contribution in [1.82, 2.24) is 0 Å². The maximum atomic E-state index is 13.5. The van der Waals surface area contributed by atoms with E-state index in [1.54, 1.807) is 11.0 Å². The molecule has 5 nitrogen and oxygen atoms in total. The third kappa shape index (κ3) is 1.95. The SMILES string of the molecule is CC1C(N)CCN1c1cccc(F)c1[N+](=O)[O-]. The van der Waals surface area contributed by atoms with E-state index in [2.05, 4.69) is 0 Å². The van der Waals surface area contributed by atoms with Crippen LogP contribution in [0, 0.1) is 15.9 Å². The molecule has 0 spiro atoms. The molecule has 1 aliphatic heterocycles. The largest absolute Gasteiger partial charge is 0.362 e. The van der Waals surface area contributed by atoms with Gasteiger partial charge in [0.1, 0.15) is 5.69 Å². The first-order chi connectivity index (χ1) is 8.02. The predicted molar refractivity (Wildman–Crippen MR) is 62.5 cm³/mol. The minimum Gasteiger partial charge on any atom is -0.362 e. The van der Waals surface area contributed by atoms with Crippen molar-refractivity contribution in [2.75, 3.05) is 11.4 Å². The van der Waals surface area contributed by atoms with Crippen LogP contribution in [0.25, 0.3) is 0 Å². The van der Waals surface area contributed by atoms with Crippen LogP contribution in [-0.2, 0) is 0 Å². The fourth-order valence-corrected chi connectivity index (χ4v) is 2.22. The summed E-state index contributed by atoms with van der Waals surface area (Å²) >= 11 is 0. The molecule has 0 saturated carbocycles. The lowest BCUT2D eigenvalue weighted by Crippen LogP contribution is -2.37. The standard InChI is InChI=1S/C11H14FN3O2/c1-7-9(13)5-6-14(7)10-4-2-3-8(12)11(10)15(16)17/h2-4,7,9H,5-6,13H2,1H3. The first-order valence-corrected chi connectivity index (χ1v) is 5.47. The minimum absolute atomic E-state index is 0.0181. The summed E-state index contributed by atoms with van der Waals surface area (Å²) in [5, 5.41) is 10.9. The molecular formula is C11H14FN3O2. The molecule has 17 heavy (non-hydrogen) atoms. The van der Waals surface area contributed by atoms with Gasteiger partial charge in [-0.1, -0.05) is 6.07 Å². The van der Waals surface area contributed by atoms with Crippen LogP contribution in [-0.4, -0.2) is 23.6 Å². The highest BCUT2D eigenvalue weighted by Gasteiger charge is 2.33. The Kier molecular flexibility index (Phi) is 2.97. The van der Waals surface area contributed by atoms with Crippen LogP contribution < -0.4 is 10.6 Å². The molecule has 1 aromatic rings. The lowest BCUT2D eigenvalue weighted by atomic mass is 10.1. The van der Waals surface area contributed by atoms with Gasteiger partial charge in [-0.3, -0.25) is 10.1 Å². The molecule has 1 fully saturated rings. The normalized spacial score (nSPS) is 24.1. The smallest absolute Gasteiger partial charge is 0.327 e. The monoisotopic (exact) mass is 239 g/mol. The number of nitrogens with two attached hydrogens (primary N) is 1. The molecule has 0 amide bonds. The van der Waals surface area contributed by atoms with E-state index in [0.717, 1.165) is 12.5 Å². The molecule has 2 rings (SSSR count). The molecule has 2 unspecified atom stereocenters. The van der Waals surface area contributed by atoms with E-state index in [4.69, 9.17) is 5.73 Å². The number of hydrogen-bond donors (Lipinski definition) is 1. The summed E-state index contributed by atoms with van der Waals surface area (Å²) in [6.07, 6.45) is 0.759. The number of anilines is 1. The molecular weight excluding hydrogens is 225 g/mol. The second-order valence-electron chi connectivity index (χ2n) is 4.25. The molecule has 6 heteroatoms. The van der Waals surface area contributed by atoms with Crippen LogP contribution in [0.5, 0.6) is 0 Å². The van der Waals surface area contributed by atoms with Crippen LogP contribution in [0.15, 0.2) is 18.2 Å². The molecule has 2 atom stereocenters. The molecule has 1 saturated heterocycles. The van der Waals surface area contributed by atoms with Crippen molar-refractivity contribution < 1.29 is 9.31 Å². The van der Waals surface area contributed by atoms with E-state index < -0.39 is 16.4 Å². The quantitative estimate of drug-likeness (QED) is 0.629. The molecule has 0 aromatic heterocycles. The highest BCUT2D eigenvalue weighted by Crippen LogP contribution is 2.34. The van der Waals surface area contributed by atoms with Crippen molar-refractivity contribution in [2.24, 2.45) is 5.73 Å². The molecule has 1 aromatic carbocycles. The molecule has 0 aliphatic carbocycles. The van der Waals surface area contributed by atoms with E-state index in [9.17, 15) is 14.5 Å². The van der Waals surface area contributed by atoms with Gasteiger partial charge in [0.05, 0.1) is 4.92 Å². The molecule has 1 heterocycles. The molecule has 0 radical (unpaired) electrons. The van der Waals surface area contributed by atoms with Gasteiger partial charge in [-0.15, -0.1) is 0 Å². The van der Waals surface area contributed by atoms with Gasteiger partial charge >= 0.3 is 5.69 Å². The number of para-hydroxylation sites is 1. The third-order valence-electron chi connectivity index (χ3n) is 3.27. The molecule has 1 aliphatic rings. The highest BCUT2D eigenvalue weighted by atomic mass is 19.1. The number of nitro benzene ring substituents is 1. The van der Waals surface area contributed by atoms with Gasteiger partial charge in [-0.25, -0.2) is 0 Å². The lowest BCUT2D eigenvalue weighted by Gasteiger charge is -2.25. The van der Waals surface area contributed by atoms with Gasteiger partial charge < -0.3 is 10.6 Å². The topological polar surface area (TPSA) is 72.4 Å².